The minimum absolute atomic E-state index is 0.00106. The molecule has 1 aliphatic carbocycles. The number of alkyl halides is 3. The van der Waals surface area contributed by atoms with E-state index in [1.165, 1.54) is 24.8 Å². The van der Waals surface area contributed by atoms with E-state index < -0.39 is 18.2 Å². The van der Waals surface area contributed by atoms with Crippen molar-refractivity contribution in [2.45, 2.75) is 76.7 Å². The van der Waals surface area contributed by atoms with Crippen molar-refractivity contribution in [1.29, 1.82) is 0 Å². The Balaban J connectivity index is 0.000000762. The second-order valence-corrected chi connectivity index (χ2v) is 8.89. The summed E-state index contributed by atoms with van der Waals surface area (Å²) in [5.41, 5.74) is 6.93. The van der Waals surface area contributed by atoms with Crippen LogP contribution in [0.5, 0.6) is 0 Å². The number of aliphatic carboxylic acids is 1. The van der Waals surface area contributed by atoms with E-state index in [9.17, 15) is 22.8 Å². The van der Waals surface area contributed by atoms with Crippen LogP contribution in [-0.4, -0.2) is 59.1 Å². The summed E-state index contributed by atoms with van der Waals surface area (Å²) in [5.74, 6) is -2.83. The van der Waals surface area contributed by atoms with Gasteiger partial charge in [-0.25, -0.2) is 4.79 Å². The number of nitrogens with two attached hydrogens (primary N) is 1. The standard InChI is InChI=1S/C23H35N3O2.C2HF3O2/c1-17(16-19-10-6-4-7-11-19)21(25-23(28)18(2)24)14-15-22(27)26(3)20-12-8-5-9-13-20;3-2(4,5)1(6)7/h4,6-7,10-11,14-15,17-18,20-21H,5,8-9,12-13,16,24H2,1-3H3,(H,25,28);(H,6,7)/b15-14+;/t17?,18-,21+;/m0./s1. The third-order valence-corrected chi connectivity index (χ3v) is 5.89. The zero-order valence-electron chi connectivity index (χ0n) is 20.4. The number of carbonyl (C=O) groups excluding carboxylic acids is 2. The van der Waals surface area contributed by atoms with Crippen molar-refractivity contribution in [3.05, 3.63) is 48.0 Å². The predicted octanol–water partition coefficient (Wildman–Crippen LogP) is 3.68. The number of carbonyl (C=O) groups is 3. The first-order valence-corrected chi connectivity index (χ1v) is 11.7. The van der Waals surface area contributed by atoms with Crippen molar-refractivity contribution >= 4 is 17.8 Å². The molecule has 1 aromatic carbocycles. The average molecular weight is 500 g/mol. The molecule has 1 fully saturated rings. The van der Waals surface area contributed by atoms with Gasteiger partial charge in [0.2, 0.25) is 11.8 Å². The molecule has 4 N–H and O–H groups in total. The van der Waals surface area contributed by atoms with Crippen LogP contribution in [0.3, 0.4) is 0 Å². The number of nitrogens with zero attached hydrogens (tertiary/aromatic N) is 1. The van der Waals surface area contributed by atoms with Crippen LogP contribution in [0.15, 0.2) is 42.5 Å². The molecule has 10 heteroatoms. The Bertz CT molecular complexity index is 838. The fourth-order valence-electron chi connectivity index (χ4n) is 3.74. The Morgan fingerprint density at radius 1 is 1.14 bits per heavy atom. The van der Waals surface area contributed by atoms with Crippen LogP contribution in [0.4, 0.5) is 13.2 Å². The van der Waals surface area contributed by atoms with Gasteiger partial charge in [0.15, 0.2) is 0 Å². The summed E-state index contributed by atoms with van der Waals surface area (Å²) in [7, 11) is 1.88. The van der Waals surface area contributed by atoms with Gasteiger partial charge in [-0.1, -0.05) is 62.6 Å². The van der Waals surface area contributed by atoms with Crippen molar-refractivity contribution in [1.82, 2.24) is 10.2 Å². The lowest BCUT2D eigenvalue weighted by Crippen LogP contribution is -2.46. The van der Waals surface area contributed by atoms with Gasteiger partial charge in [-0.05, 0) is 37.7 Å². The summed E-state index contributed by atoms with van der Waals surface area (Å²) in [5, 5.41) is 10.1. The quantitative estimate of drug-likeness (QED) is 0.473. The number of nitrogens with one attached hydrogen (secondary N) is 1. The van der Waals surface area contributed by atoms with Gasteiger partial charge < -0.3 is 21.1 Å². The van der Waals surface area contributed by atoms with Crippen molar-refractivity contribution in [2.24, 2.45) is 11.7 Å². The molecule has 35 heavy (non-hydrogen) atoms. The van der Waals surface area contributed by atoms with Gasteiger partial charge in [-0.2, -0.15) is 13.2 Å². The van der Waals surface area contributed by atoms with Gasteiger partial charge in [0, 0.05) is 19.2 Å². The Kier molecular flexibility index (Phi) is 12.5. The molecular formula is C25H36F3N3O4. The van der Waals surface area contributed by atoms with Gasteiger partial charge in [0.1, 0.15) is 0 Å². The van der Waals surface area contributed by atoms with Gasteiger partial charge in [-0.3, -0.25) is 9.59 Å². The Hall–Kier alpha value is -2.88. The fraction of sp³-hybridized carbons (Fsp3) is 0.560. The molecule has 7 nitrogen and oxygen atoms in total. The highest BCUT2D eigenvalue weighted by molar-refractivity contribution is 5.88. The first-order valence-electron chi connectivity index (χ1n) is 11.7. The maximum atomic E-state index is 12.6. The molecule has 1 aromatic rings. The summed E-state index contributed by atoms with van der Waals surface area (Å²) in [6, 6.07) is 9.65. The highest BCUT2D eigenvalue weighted by atomic mass is 19.4. The van der Waals surface area contributed by atoms with Gasteiger partial charge in [-0.15, -0.1) is 0 Å². The number of hydrogen-bond acceptors (Lipinski definition) is 4. The Morgan fingerprint density at radius 3 is 2.17 bits per heavy atom. The van der Waals surface area contributed by atoms with E-state index in [0.29, 0.717) is 6.04 Å². The molecule has 1 saturated carbocycles. The third kappa shape index (κ3) is 11.4. The van der Waals surface area contributed by atoms with E-state index in [2.05, 4.69) is 24.4 Å². The maximum Gasteiger partial charge on any atom is 0.490 e. The normalized spacial score (nSPS) is 17.0. The summed E-state index contributed by atoms with van der Waals surface area (Å²) >= 11 is 0. The highest BCUT2D eigenvalue weighted by Gasteiger charge is 2.38. The lowest BCUT2D eigenvalue weighted by molar-refractivity contribution is -0.192. The van der Waals surface area contributed by atoms with Crippen LogP contribution in [0.2, 0.25) is 0 Å². The molecule has 0 spiro atoms. The number of amides is 2. The molecule has 3 atom stereocenters. The van der Waals surface area contributed by atoms with Crippen molar-refractivity contribution < 1.29 is 32.7 Å². The molecule has 0 heterocycles. The minimum Gasteiger partial charge on any atom is -0.475 e. The van der Waals surface area contributed by atoms with Crippen LogP contribution >= 0.6 is 0 Å². The molecule has 0 bridgehead atoms. The fourth-order valence-corrected chi connectivity index (χ4v) is 3.74. The van der Waals surface area contributed by atoms with E-state index in [1.54, 1.807) is 13.0 Å². The summed E-state index contributed by atoms with van der Waals surface area (Å²) in [4.78, 5) is 35.6. The monoisotopic (exact) mass is 499 g/mol. The second-order valence-electron chi connectivity index (χ2n) is 8.89. The number of rotatable bonds is 8. The topological polar surface area (TPSA) is 113 Å². The van der Waals surface area contributed by atoms with Crippen molar-refractivity contribution in [2.75, 3.05) is 7.05 Å². The molecule has 0 saturated heterocycles. The zero-order chi connectivity index (χ0) is 26.6. The molecule has 1 unspecified atom stereocenters. The molecule has 2 rings (SSSR count). The van der Waals surface area contributed by atoms with Crippen molar-refractivity contribution in [3.63, 3.8) is 0 Å². The van der Waals surface area contributed by atoms with Crippen LogP contribution < -0.4 is 11.1 Å². The predicted molar refractivity (Wildman–Crippen MR) is 127 cm³/mol. The van der Waals surface area contributed by atoms with E-state index in [4.69, 9.17) is 15.6 Å². The number of carboxylic acids is 1. The summed E-state index contributed by atoms with van der Waals surface area (Å²) < 4.78 is 31.7. The number of halogens is 3. The molecule has 0 aromatic heterocycles. The van der Waals surface area contributed by atoms with Gasteiger partial charge in [0.05, 0.1) is 12.1 Å². The molecule has 196 valence electrons. The number of benzene rings is 1. The smallest absolute Gasteiger partial charge is 0.475 e. The second kappa shape index (κ2) is 14.5. The highest BCUT2D eigenvalue weighted by Crippen LogP contribution is 2.22. The summed E-state index contributed by atoms with van der Waals surface area (Å²) in [6.45, 7) is 3.75. The first kappa shape index (κ1) is 30.2. The van der Waals surface area contributed by atoms with Crippen molar-refractivity contribution in [3.8, 4) is 0 Å². The van der Waals surface area contributed by atoms with E-state index in [-0.39, 0.29) is 23.8 Å². The van der Waals surface area contributed by atoms with E-state index in [0.717, 1.165) is 19.3 Å². The summed E-state index contributed by atoms with van der Waals surface area (Å²) in [6.07, 6.45) is 4.95. The SMILES string of the molecule is CC(Cc1ccccc1)[C@@H](/C=C/C(=O)N(C)C1CCCCC1)NC(=O)[C@H](C)N.O=C(O)C(F)(F)F. The number of hydrogen-bond donors (Lipinski definition) is 3. The largest absolute Gasteiger partial charge is 0.490 e. The third-order valence-electron chi connectivity index (χ3n) is 5.89. The molecule has 0 radical (unpaired) electrons. The lowest BCUT2D eigenvalue weighted by atomic mass is 9.92. The minimum atomic E-state index is -5.08. The average Bonchev–Trinajstić information content (AvgIpc) is 2.81. The van der Waals surface area contributed by atoms with Crippen LogP contribution in [0, 0.1) is 5.92 Å². The Labute approximate surface area is 204 Å². The molecular weight excluding hydrogens is 463 g/mol. The first-order chi connectivity index (χ1) is 16.3. The zero-order valence-corrected chi connectivity index (χ0v) is 20.4. The Morgan fingerprint density at radius 2 is 1.69 bits per heavy atom. The van der Waals surface area contributed by atoms with Crippen LogP contribution in [-0.2, 0) is 20.8 Å². The van der Waals surface area contributed by atoms with E-state index in [1.807, 2.05) is 36.2 Å². The van der Waals surface area contributed by atoms with Crippen LogP contribution in [0.1, 0.15) is 51.5 Å². The lowest BCUT2D eigenvalue weighted by Gasteiger charge is -2.30. The molecule has 0 aliphatic heterocycles. The molecule has 1 aliphatic rings. The van der Waals surface area contributed by atoms with Crippen LogP contribution in [0.25, 0.3) is 0 Å². The number of carboxylic acid groups (broad SMARTS) is 1. The number of likely N-dealkylation sites (N-methyl/N-ethyl adjacent to an activating group) is 1. The molecule has 2 amide bonds. The van der Waals surface area contributed by atoms with E-state index >= 15 is 0 Å². The van der Waals surface area contributed by atoms with Gasteiger partial charge in [0.25, 0.3) is 0 Å². The van der Waals surface area contributed by atoms with Gasteiger partial charge >= 0.3 is 12.1 Å². The maximum absolute atomic E-state index is 12.6.